The van der Waals surface area contributed by atoms with Crippen molar-refractivity contribution in [3.8, 4) is 0 Å². The molecule has 0 radical (unpaired) electrons. The Morgan fingerprint density at radius 1 is 1.38 bits per heavy atom. The number of carboxylic acid groups (broad SMARTS) is 1. The highest BCUT2D eigenvalue weighted by molar-refractivity contribution is 5.68. The van der Waals surface area contributed by atoms with Gasteiger partial charge in [0.05, 0.1) is 6.42 Å². The Kier molecular flexibility index (Phi) is 1.99. The van der Waals surface area contributed by atoms with Gasteiger partial charge in [-0.25, -0.2) is 0 Å². The monoisotopic (exact) mass is 223 g/mol. The molecule has 0 aromatic heterocycles. The lowest BCUT2D eigenvalue weighted by atomic mass is 9.46. The van der Waals surface area contributed by atoms with E-state index in [0.29, 0.717) is 30.2 Å². The number of aliphatic carboxylic acids is 1. The van der Waals surface area contributed by atoms with Gasteiger partial charge in [-0.05, 0) is 60.8 Å². The number of hydrogen-bond acceptors (Lipinski definition) is 2. The van der Waals surface area contributed by atoms with Crippen LogP contribution in [0, 0.1) is 28.6 Å². The van der Waals surface area contributed by atoms with Crippen molar-refractivity contribution >= 4 is 5.97 Å². The van der Waals surface area contributed by atoms with Crippen LogP contribution in [0.15, 0.2) is 0 Å². The van der Waals surface area contributed by atoms with Gasteiger partial charge in [-0.1, -0.05) is 6.92 Å². The van der Waals surface area contributed by atoms with Gasteiger partial charge in [0, 0.05) is 0 Å². The molecule has 3 nitrogen and oxygen atoms in total. The predicted molar refractivity (Wildman–Crippen MR) is 60.8 cm³/mol. The topological polar surface area (TPSA) is 63.3 Å². The largest absolute Gasteiger partial charge is 0.481 e. The summed E-state index contributed by atoms with van der Waals surface area (Å²) in [6.07, 6.45) is 5.30. The summed E-state index contributed by atoms with van der Waals surface area (Å²) in [4.78, 5) is 11.1. The van der Waals surface area contributed by atoms with Crippen molar-refractivity contribution in [2.24, 2.45) is 34.3 Å². The molecule has 0 saturated heterocycles. The zero-order valence-corrected chi connectivity index (χ0v) is 9.91. The predicted octanol–water partition coefficient (Wildman–Crippen LogP) is 1.86. The van der Waals surface area contributed by atoms with Crippen molar-refractivity contribution in [2.45, 2.75) is 39.0 Å². The van der Waals surface area contributed by atoms with E-state index in [1.807, 2.05) is 0 Å². The molecule has 5 atom stereocenters. The second-order valence-corrected chi connectivity index (χ2v) is 6.48. The SMILES string of the molecule is CC12CCC3C1[C@@H](CC2)C3(CN)CC(=O)O. The molecular weight excluding hydrogens is 202 g/mol. The van der Waals surface area contributed by atoms with Gasteiger partial charge in [0.25, 0.3) is 0 Å². The van der Waals surface area contributed by atoms with E-state index in [0.717, 1.165) is 5.92 Å². The van der Waals surface area contributed by atoms with E-state index in [-0.39, 0.29) is 5.41 Å². The van der Waals surface area contributed by atoms with Gasteiger partial charge in [0.15, 0.2) is 0 Å². The highest BCUT2D eigenvalue weighted by Crippen LogP contribution is 2.75. The van der Waals surface area contributed by atoms with E-state index in [1.54, 1.807) is 0 Å². The van der Waals surface area contributed by atoms with Gasteiger partial charge in [-0.2, -0.15) is 0 Å². The van der Waals surface area contributed by atoms with E-state index in [1.165, 1.54) is 25.7 Å². The van der Waals surface area contributed by atoms with Crippen molar-refractivity contribution in [1.82, 2.24) is 0 Å². The van der Waals surface area contributed by atoms with Crippen molar-refractivity contribution < 1.29 is 9.90 Å². The molecule has 0 spiro atoms. The van der Waals surface area contributed by atoms with Gasteiger partial charge in [-0.15, -0.1) is 0 Å². The number of nitrogens with two attached hydrogens (primary N) is 1. The van der Waals surface area contributed by atoms with Gasteiger partial charge in [0.1, 0.15) is 0 Å². The van der Waals surface area contributed by atoms with Crippen LogP contribution in [0.3, 0.4) is 0 Å². The minimum atomic E-state index is -0.663. The second-order valence-electron chi connectivity index (χ2n) is 6.48. The maximum Gasteiger partial charge on any atom is 0.303 e. The molecule has 4 unspecified atom stereocenters. The van der Waals surface area contributed by atoms with Crippen LogP contribution in [0.4, 0.5) is 0 Å². The zero-order valence-electron chi connectivity index (χ0n) is 9.91. The molecule has 3 aliphatic carbocycles. The Morgan fingerprint density at radius 3 is 2.38 bits per heavy atom. The highest BCUT2D eigenvalue weighted by atomic mass is 16.4. The summed E-state index contributed by atoms with van der Waals surface area (Å²) in [7, 11) is 0. The van der Waals surface area contributed by atoms with Crippen LogP contribution in [0.1, 0.15) is 39.0 Å². The maximum absolute atomic E-state index is 11.1. The molecule has 0 heterocycles. The minimum Gasteiger partial charge on any atom is -0.481 e. The highest BCUT2D eigenvalue weighted by Gasteiger charge is 2.71. The summed E-state index contributed by atoms with van der Waals surface area (Å²) in [6, 6.07) is 0. The first-order valence-electron chi connectivity index (χ1n) is 6.45. The van der Waals surface area contributed by atoms with Crippen LogP contribution in [-0.2, 0) is 4.79 Å². The standard InChI is InChI=1S/C13H21NO2/c1-12-4-2-8-11(12)9(3-5-12)13(8,7-14)6-10(15)16/h8-9,11H,2-7,14H2,1H3,(H,15,16)/t8-,9?,11?,12?,13?/m1/s1. The fourth-order valence-corrected chi connectivity index (χ4v) is 5.40. The molecule has 90 valence electrons. The van der Waals surface area contributed by atoms with Crippen LogP contribution >= 0.6 is 0 Å². The van der Waals surface area contributed by atoms with Crippen molar-refractivity contribution in [2.75, 3.05) is 6.54 Å². The summed E-state index contributed by atoms with van der Waals surface area (Å²) in [5.74, 6) is 1.33. The lowest BCUT2D eigenvalue weighted by Crippen LogP contribution is -2.59. The van der Waals surface area contributed by atoms with Gasteiger partial charge in [-0.3, -0.25) is 4.79 Å². The lowest BCUT2D eigenvalue weighted by molar-refractivity contribution is -0.156. The van der Waals surface area contributed by atoms with Crippen LogP contribution in [0.2, 0.25) is 0 Å². The fraction of sp³-hybridized carbons (Fsp3) is 0.923. The van der Waals surface area contributed by atoms with E-state index >= 15 is 0 Å². The van der Waals surface area contributed by atoms with Crippen LogP contribution in [0.25, 0.3) is 0 Å². The average molecular weight is 223 g/mol. The molecule has 3 N–H and O–H groups in total. The normalized spacial score (nSPS) is 53.5. The molecule has 3 fully saturated rings. The van der Waals surface area contributed by atoms with E-state index < -0.39 is 5.97 Å². The first-order valence-corrected chi connectivity index (χ1v) is 6.45. The molecule has 3 saturated carbocycles. The van der Waals surface area contributed by atoms with E-state index in [2.05, 4.69) is 6.92 Å². The number of rotatable bonds is 3. The van der Waals surface area contributed by atoms with Gasteiger partial charge < -0.3 is 10.8 Å². The Hall–Kier alpha value is -0.570. The number of carboxylic acids is 1. The summed E-state index contributed by atoms with van der Waals surface area (Å²) < 4.78 is 0. The van der Waals surface area contributed by atoms with E-state index in [4.69, 9.17) is 10.8 Å². The second kappa shape index (κ2) is 3.00. The molecule has 0 aromatic rings. The van der Waals surface area contributed by atoms with Crippen molar-refractivity contribution in [3.63, 3.8) is 0 Å². The Morgan fingerprint density at radius 2 is 1.94 bits per heavy atom. The molecular formula is C13H21NO2. The molecule has 16 heavy (non-hydrogen) atoms. The Bertz CT molecular complexity index is 323. The summed E-state index contributed by atoms with van der Waals surface area (Å²) in [6.45, 7) is 2.97. The molecule has 0 aliphatic heterocycles. The minimum absolute atomic E-state index is 0.0508. The first-order chi connectivity index (χ1) is 7.53. The number of hydrogen-bond donors (Lipinski definition) is 2. The molecule has 3 rings (SSSR count). The summed E-state index contributed by atoms with van der Waals surface area (Å²) in [5, 5.41) is 9.10. The van der Waals surface area contributed by atoms with Crippen LogP contribution in [-0.4, -0.2) is 17.6 Å². The molecule has 0 bridgehead atoms. The third kappa shape index (κ3) is 1.01. The average Bonchev–Trinajstić information content (AvgIpc) is 2.63. The Balaban J connectivity index is 1.91. The summed E-state index contributed by atoms with van der Waals surface area (Å²) >= 11 is 0. The molecule has 3 aliphatic rings. The summed E-state index contributed by atoms with van der Waals surface area (Å²) in [5.41, 5.74) is 6.41. The first kappa shape index (κ1) is 10.6. The van der Waals surface area contributed by atoms with Crippen LogP contribution in [0.5, 0.6) is 0 Å². The lowest BCUT2D eigenvalue weighted by Gasteiger charge is -2.58. The third-order valence-electron chi connectivity index (χ3n) is 6.06. The van der Waals surface area contributed by atoms with E-state index in [9.17, 15) is 4.79 Å². The molecule has 0 amide bonds. The number of carbonyl (C=O) groups is 1. The zero-order chi connectivity index (χ0) is 11.6. The molecule has 0 aromatic carbocycles. The third-order valence-corrected chi connectivity index (χ3v) is 6.06. The quantitative estimate of drug-likeness (QED) is 0.767. The maximum atomic E-state index is 11.1. The Labute approximate surface area is 96.4 Å². The fourth-order valence-electron chi connectivity index (χ4n) is 5.40. The van der Waals surface area contributed by atoms with Gasteiger partial charge >= 0.3 is 5.97 Å². The molecule has 3 heteroatoms. The smallest absolute Gasteiger partial charge is 0.303 e. The van der Waals surface area contributed by atoms with Crippen LogP contribution < -0.4 is 5.73 Å². The van der Waals surface area contributed by atoms with Crippen molar-refractivity contribution in [3.05, 3.63) is 0 Å². The van der Waals surface area contributed by atoms with Gasteiger partial charge in [0.2, 0.25) is 0 Å². The van der Waals surface area contributed by atoms with Crippen molar-refractivity contribution in [1.29, 1.82) is 0 Å².